The van der Waals surface area contributed by atoms with Crippen molar-refractivity contribution in [3.05, 3.63) is 89.6 Å². The predicted octanol–water partition coefficient (Wildman–Crippen LogP) is 9.32. The maximum atomic E-state index is 14.5. The maximum Gasteiger partial charge on any atom is 0.144 e. The van der Waals surface area contributed by atoms with Gasteiger partial charge in [-0.3, -0.25) is 4.98 Å². The van der Waals surface area contributed by atoms with E-state index in [4.69, 9.17) is 14.0 Å². The number of alkyl halides is 1. The van der Waals surface area contributed by atoms with E-state index in [1.54, 1.807) is 18.2 Å². The number of aromatic nitrogens is 1. The summed E-state index contributed by atoms with van der Waals surface area (Å²) in [5.41, 5.74) is 1.87. The molecule has 1 aliphatic carbocycles. The Morgan fingerprint density at radius 3 is 2.54 bits per heavy atom. The van der Waals surface area contributed by atoms with Gasteiger partial charge in [0.25, 0.3) is 0 Å². The van der Waals surface area contributed by atoms with Crippen molar-refractivity contribution >= 4 is 21.9 Å². The molecule has 1 saturated carbocycles. The first kappa shape index (κ1) is 15.5. The first-order valence-corrected chi connectivity index (χ1v) is 11.9. The monoisotopic (exact) mass is 470 g/mol. The van der Waals surface area contributed by atoms with Crippen LogP contribution >= 0.6 is 0 Å². The van der Waals surface area contributed by atoms with Crippen molar-refractivity contribution in [3.63, 3.8) is 0 Å². The van der Waals surface area contributed by atoms with Crippen molar-refractivity contribution < 1.29 is 18.4 Å². The Kier molecular flexibility index (Phi) is 3.70. The SMILES string of the molecule is [2H]C([2H])([2H])c1cnc(-c2cccc3c2oc2ccccc23)cc1-c1ccc(C2([2H])CCC(C)(F)CC2)cc1C([2H])([2H])[2H]. The third-order valence-corrected chi connectivity index (χ3v) is 7.20. The van der Waals surface area contributed by atoms with E-state index in [0.29, 0.717) is 28.0 Å². The summed E-state index contributed by atoms with van der Waals surface area (Å²) in [4.78, 5) is 4.50. The summed E-state index contributed by atoms with van der Waals surface area (Å²) < 4.78 is 79.5. The number of fused-ring (bicyclic) bond motifs is 3. The number of halogens is 1. The number of pyridine rings is 1. The third kappa shape index (κ3) is 3.93. The highest BCUT2D eigenvalue weighted by Gasteiger charge is 2.31. The van der Waals surface area contributed by atoms with Gasteiger partial charge in [0.2, 0.25) is 0 Å². The average molecular weight is 471 g/mol. The first-order chi connectivity index (χ1) is 19.7. The molecule has 2 aromatic heterocycles. The number of aryl methyl sites for hydroxylation is 2. The minimum absolute atomic E-state index is 0.0511. The smallest absolute Gasteiger partial charge is 0.144 e. The fourth-order valence-corrected chi connectivity index (χ4v) is 5.14. The van der Waals surface area contributed by atoms with Crippen LogP contribution in [0.3, 0.4) is 0 Å². The first-order valence-electron chi connectivity index (χ1n) is 15.4. The van der Waals surface area contributed by atoms with Crippen LogP contribution in [0.25, 0.3) is 44.3 Å². The molecule has 2 heterocycles. The Morgan fingerprint density at radius 2 is 1.71 bits per heavy atom. The van der Waals surface area contributed by atoms with Crippen molar-refractivity contribution in [3.8, 4) is 22.4 Å². The molecule has 35 heavy (non-hydrogen) atoms. The molecular formula is C32H30FNO. The van der Waals surface area contributed by atoms with Crippen molar-refractivity contribution in [1.29, 1.82) is 0 Å². The molecule has 0 radical (unpaired) electrons. The van der Waals surface area contributed by atoms with Crippen molar-refractivity contribution in [2.75, 3.05) is 0 Å². The molecule has 0 atom stereocenters. The van der Waals surface area contributed by atoms with Crippen LogP contribution in [-0.4, -0.2) is 10.7 Å². The maximum absolute atomic E-state index is 14.5. The van der Waals surface area contributed by atoms with Gasteiger partial charge in [-0.05, 0) is 98.2 Å². The molecule has 0 saturated heterocycles. The van der Waals surface area contributed by atoms with Gasteiger partial charge in [0, 0.05) is 32.1 Å². The summed E-state index contributed by atoms with van der Waals surface area (Å²) in [5.74, 6) is -1.13. The zero-order valence-corrected chi connectivity index (χ0v) is 19.5. The lowest BCUT2D eigenvalue weighted by atomic mass is 9.77. The molecule has 1 aliphatic rings. The average Bonchev–Trinajstić information content (AvgIpc) is 3.32. The number of furan rings is 1. The summed E-state index contributed by atoms with van der Waals surface area (Å²) in [6.45, 7) is -3.63. The van der Waals surface area contributed by atoms with E-state index < -0.39 is 25.3 Å². The van der Waals surface area contributed by atoms with Gasteiger partial charge in [-0.15, -0.1) is 0 Å². The minimum Gasteiger partial charge on any atom is -0.455 e. The van der Waals surface area contributed by atoms with Gasteiger partial charge in [-0.25, -0.2) is 4.39 Å². The van der Waals surface area contributed by atoms with E-state index in [1.165, 1.54) is 19.2 Å². The van der Waals surface area contributed by atoms with Gasteiger partial charge in [0.1, 0.15) is 16.8 Å². The van der Waals surface area contributed by atoms with E-state index in [1.807, 2.05) is 42.5 Å². The quantitative estimate of drug-likeness (QED) is 0.262. The summed E-state index contributed by atoms with van der Waals surface area (Å²) >= 11 is 0. The Hall–Kier alpha value is -3.46. The molecule has 0 unspecified atom stereocenters. The van der Waals surface area contributed by atoms with Crippen molar-refractivity contribution in [2.45, 2.75) is 57.9 Å². The fourth-order valence-electron chi connectivity index (χ4n) is 5.14. The van der Waals surface area contributed by atoms with E-state index in [9.17, 15) is 4.39 Å². The lowest BCUT2D eigenvalue weighted by Gasteiger charge is -2.31. The number of hydrogen-bond acceptors (Lipinski definition) is 2. The highest BCUT2D eigenvalue weighted by Crippen LogP contribution is 2.41. The van der Waals surface area contributed by atoms with Crippen LogP contribution in [-0.2, 0) is 0 Å². The largest absolute Gasteiger partial charge is 0.455 e. The minimum atomic E-state index is -2.60. The molecule has 0 amide bonds. The second kappa shape index (κ2) is 8.34. The lowest BCUT2D eigenvalue weighted by Crippen LogP contribution is -2.25. The number of hydrogen-bond donors (Lipinski definition) is 0. The van der Waals surface area contributed by atoms with Crippen LogP contribution in [0.15, 0.2) is 77.3 Å². The second-order valence-electron chi connectivity index (χ2n) is 9.67. The molecule has 2 nitrogen and oxygen atoms in total. The highest BCUT2D eigenvalue weighted by molar-refractivity contribution is 6.09. The van der Waals surface area contributed by atoms with E-state index in [0.717, 1.165) is 10.8 Å². The summed E-state index contributed by atoms with van der Waals surface area (Å²) in [6.07, 6.45) is 2.24. The zero-order valence-electron chi connectivity index (χ0n) is 26.5. The van der Waals surface area contributed by atoms with Gasteiger partial charge in [0.15, 0.2) is 0 Å². The van der Waals surface area contributed by atoms with Crippen LogP contribution in [0.1, 0.15) is 64.8 Å². The number of para-hydroxylation sites is 2. The molecule has 176 valence electrons. The Bertz CT molecular complexity index is 1810. The number of nitrogens with zero attached hydrogens (tertiary/aromatic N) is 1. The molecule has 0 N–H and O–H groups in total. The molecule has 0 spiro atoms. The zero-order chi connectivity index (χ0) is 30.1. The highest BCUT2D eigenvalue weighted by atomic mass is 19.1. The Labute approximate surface area is 215 Å². The second-order valence-corrected chi connectivity index (χ2v) is 9.67. The van der Waals surface area contributed by atoms with Gasteiger partial charge in [0.05, 0.1) is 5.69 Å². The van der Waals surface area contributed by atoms with E-state index >= 15 is 0 Å². The van der Waals surface area contributed by atoms with Crippen LogP contribution < -0.4 is 0 Å². The normalized spacial score (nSPS) is 26.3. The van der Waals surface area contributed by atoms with Crippen molar-refractivity contribution in [2.24, 2.45) is 0 Å². The predicted molar refractivity (Wildman–Crippen MR) is 143 cm³/mol. The molecule has 3 heteroatoms. The summed E-state index contributed by atoms with van der Waals surface area (Å²) in [7, 11) is 0. The molecular weight excluding hydrogens is 433 g/mol. The van der Waals surface area contributed by atoms with Crippen molar-refractivity contribution in [1.82, 2.24) is 4.98 Å². The number of rotatable bonds is 3. The summed E-state index contributed by atoms with van der Waals surface area (Å²) in [5, 5.41) is 1.82. The van der Waals surface area contributed by atoms with Crippen LogP contribution in [0.4, 0.5) is 4.39 Å². The van der Waals surface area contributed by atoms with E-state index in [2.05, 4.69) is 4.98 Å². The Balaban J connectivity index is 1.54. The lowest BCUT2D eigenvalue weighted by molar-refractivity contribution is 0.120. The van der Waals surface area contributed by atoms with Gasteiger partial charge < -0.3 is 4.42 Å². The van der Waals surface area contributed by atoms with E-state index in [-0.39, 0.29) is 47.9 Å². The molecule has 3 aromatic carbocycles. The molecule has 0 aliphatic heterocycles. The Morgan fingerprint density at radius 1 is 0.914 bits per heavy atom. The molecule has 5 aromatic rings. The van der Waals surface area contributed by atoms with Crippen LogP contribution in [0.5, 0.6) is 0 Å². The standard InChI is InChI=1S/C32H30FNO/c1-20-17-23(22-13-15-32(3,33)16-14-22)11-12-24(20)28-18-29(34-19-21(28)2)27-9-6-8-26-25-7-4-5-10-30(25)35-31(26)27/h4-12,17-19,22H,13-16H2,1-3H3/i1D3,2D3,22D. The third-order valence-electron chi connectivity index (χ3n) is 7.20. The molecule has 0 bridgehead atoms. The fraction of sp³-hybridized carbons (Fsp3) is 0.281. The molecule has 6 rings (SSSR count). The summed E-state index contributed by atoms with van der Waals surface area (Å²) in [6, 6.07) is 19.7. The van der Waals surface area contributed by atoms with Gasteiger partial charge >= 0.3 is 0 Å². The number of benzene rings is 3. The van der Waals surface area contributed by atoms with Gasteiger partial charge in [-0.2, -0.15) is 0 Å². The topological polar surface area (TPSA) is 26.0 Å². The molecule has 1 fully saturated rings. The van der Waals surface area contributed by atoms with Crippen LogP contribution in [0.2, 0.25) is 0 Å². The van der Waals surface area contributed by atoms with Gasteiger partial charge in [-0.1, -0.05) is 48.5 Å². The van der Waals surface area contributed by atoms with Crippen LogP contribution in [0, 0.1) is 13.7 Å².